The van der Waals surface area contributed by atoms with E-state index in [4.69, 9.17) is 11.0 Å². The second kappa shape index (κ2) is 7.36. The third-order valence-electron chi connectivity index (χ3n) is 3.66. The first-order valence-corrected chi connectivity index (χ1v) is 8.70. The Labute approximate surface area is 148 Å². The Bertz CT molecular complexity index is 853. The number of anilines is 1. The Morgan fingerprint density at radius 2 is 2.12 bits per heavy atom. The van der Waals surface area contributed by atoms with E-state index in [0.29, 0.717) is 22.3 Å². The van der Waals surface area contributed by atoms with E-state index in [9.17, 15) is 9.59 Å². The lowest BCUT2D eigenvalue weighted by molar-refractivity contribution is -0.118. The highest BCUT2D eigenvalue weighted by Gasteiger charge is 2.31. The van der Waals surface area contributed by atoms with Crippen LogP contribution < -0.4 is 11.1 Å². The molecule has 25 heavy (non-hydrogen) atoms. The molecule has 1 fully saturated rings. The van der Waals surface area contributed by atoms with Crippen LogP contribution in [0, 0.1) is 11.3 Å². The van der Waals surface area contributed by atoms with Crippen molar-refractivity contribution in [3.8, 4) is 6.07 Å². The number of nitrogens with two attached hydrogens (primary N) is 1. The van der Waals surface area contributed by atoms with Gasteiger partial charge in [-0.15, -0.1) is 10.2 Å². The van der Waals surface area contributed by atoms with Gasteiger partial charge < -0.3 is 11.1 Å². The summed E-state index contributed by atoms with van der Waals surface area (Å²) in [5, 5.41) is 20.5. The molecule has 1 saturated carbocycles. The van der Waals surface area contributed by atoms with Gasteiger partial charge in [-0.2, -0.15) is 5.26 Å². The Morgan fingerprint density at radius 3 is 2.80 bits per heavy atom. The van der Waals surface area contributed by atoms with Gasteiger partial charge >= 0.3 is 0 Å². The predicted molar refractivity (Wildman–Crippen MR) is 91.7 cm³/mol. The zero-order valence-electron chi connectivity index (χ0n) is 13.3. The number of nitrogens with zero attached hydrogens (tertiary/aromatic N) is 4. The van der Waals surface area contributed by atoms with Gasteiger partial charge in [0.25, 0.3) is 0 Å². The third kappa shape index (κ3) is 4.16. The van der Waals surface area contributed by atoms with Crippen LogP contribution in [0.5, 0.6) is 0 Å². The molecule has 0 atom stereocenters. The van der Waals surface area contributed by atoms with Crippen LogP contribution in [0.15, 0.2) is 29.4 Å². The molecule has 1 aromatic carbocycles. The molecule has 3 rings (SSSR count). The molecule has 8 nitrogen and oxygen atoms in total. The number of nitriles is 1. The third-order valence-corrected chi connectivity index (χ3v) is 4.62. The number of nitrogens with one attached hydrogen (secondary N) is 1. The van der Waals surface area contributed by atoms with E-state index in [1.165, 1.54) is 11.8 Å². The van der Waals surface area contributed by atoms with Crippen LogP contribution in [0.25, 0.3) is 0 Å². The van der Waals surface area contributed by atoms with Crippen molar-refractivity contribution < 1.29 is 9.59 Å². The number of thioether (sulfide) groups is 1. The summed E-state index contributed by atoms with van der Waals surface area (Å²) in [5.74, 6) is 0.403. The van der Waals surface area contributed by atoms with E-state index < -0.39 is 5.91 Å². The zero-order valence-corrected chi connectivity index (χ0v) is 14.1. The van der Waals surface area contributed by atoms with Gasteiger partial charge in [-0.25, -0.2) is 0 Å². The van der Waals surface area contributed by atoms with Crippen LogP contribution in [-0.4, -0.2) is 32.3 Å². The highest BCUT2D eigenvalue weighted by molar-refractivity contribution is 7.99. The van der Waals surface area contributed by atoms with E-state index in [1.807, 2.05) is 6.07 Å². The standard InChI is InChI=1S/C16H16N6O2S/c17-7-11-3-1-2-4-12(11)19-14(24)9-25-16-21-20-15(10-5-6-10)22(16)8-13(18)23/h1-4,10H,5-6,8-9H2,(H2,18,23)(H,19,24). The maximum atomic E-state index is 12.2. The van der Waals surface area contributed by atoms with Gasteiger partial charge in [0.15, 0.2) is 5.16 Å². The number of benzene rings is 1. The molecule has 0 saturated heterocycles. The van der Waals surface area contributed by atoms with Gasteiger partial charge in [0.2, 0.25) is 11.8 Å². The van der Waals surface area contributed by atoms with Crippen LogP contribution in [0.3, 0.4) is 0 Å². The van der Waals surface area contributed by atoms with Crippen LogP contribution in [0.4, 0.5) is 5.69 Å². The van der Waals surface area contributed by atoms with Crippen molar-refractivity contribution in [3.05, 3.63) is 35.7 Å². The van der Waals surface area contributed by atoms with Gasteiger partial charge in [-0.3, -0.25) is 14.2 Å². The van der Waals surface area contributed by atoms with Gasteiger partial charge in [0, 0.05) is 5.92 Å². The molecule has 1 heterocycles. The summed E-state index contributed by atoms with van der Waals surface area (Å²) in [7, 11) is 0. The number of carbonyl (C=O) groups excluding carboxylic acids is 2. The summed E-state index contributed by atoms with van der Waals surface area (Å²) in [6.07, 6.45) is 2.04. The van der Waals surface area contributed by atoms with Gasteiger partial charge in [0.1, 0.15) is 18.4 Å². The van der Waals surface area contributed by atoms with Crippen LogP contribution >= 0.6 is 11.8 Å². The Hall–Kier alpha value is -2.86. The lowest BCUT2D eigenvalue weighted by Gasteiger charge is -2.08. The first-order chi connectivity index (χ1) is 12.1. The minimum absolute atomic E-state index is 0.0000511. The zero-order chi connectivity index (χ0) is 17.8. The SMILES string of the molecule is N#Cc1ccccc1NC(=O)CSc1nnc(C2CC2)n1CC(N)=O. The Kier molecular flexibility index (Phi) is 5.00. The minimum Gasteiger partial charge on any atom is -0.368 e. The molecule has 2 aromatic rings. The van der Waals surface area contributed by atoms with Crippen molar-refractivity contribution in [1.29, 1.82) is 5.26 Å². The molecule has 3 N–H and O–H groups in total. The van der Waals surface area contributed by atoms with E-state index in [0.717, 1.165) is 18.7 Å². The predicted octanol–water partition coefficient (Wildman–Crippen LogP) is 1.24. The number of amides is 2. The van der Waals surface area contributed by atoms with Gasteiger partial charge in [-0.1, -0.05) is 23.9 Å². The van der Waals surface area contributed by atoms with Crippen molar-refractivity contribution in [2.75, 3.05) is 11.1 Å². The highest BCUT2D eigenvalue weighted by atomic mass is 32.2. The molecule has 1 aromatic heterocycles. The summed E-state index contributed by atoms with van der Waals surface area (Å²) in [4.78, 5) is 23.4. The van der Waals surface area contributed by atoms with Crippen LogP contribution in [0.2, 0.25) is 0 Å². The molecule has 2 amide bonds. The molecule has 0 bridgehead atoms. The molecular weight excluding hydrogens is 340 g/mol. The van der Waals surface area contributed by atoms with Crippen molar-refractivity contribution >= 4 is 29.3 Å². The number of aromatic nitrogens is 3. The van der Waals surface area contributed by atoms with E-state index in [1.54, 1.807) is 28.8 Å². The molecule has 9 heteroatoms. The lowest BCUT2D eigenvalue weighted by Crippen LogP contribution is -2.21. The maximum absolute atomic E-state index is 12.2. The molecule has 1 aliphatic carbocycles. The van der Waals surface area contributed by atoms with Crippen molar-refractivity contribution in [2.24, 2.45) is 5.73 Å². The number of carbonyl (C=O) groups is 2. The number of hydrogen-bond donors (Lipinski definition) is 2. The van der Waals surface area contributed by atoms with E-state index >= 15 is 0 Å². The number of rotatable bonds is 7. The maximum Gasteiger partial charge on any atom is 0.237 e. The first-order valence-electron chi connectivity index (χ1n) is 7.71. The second-order valence-electron chi connectivity index (χ2n) is 5.66. The lowest BCUT2D eigenvalue weighted by atomic mass is 10.2. The average Bonchev–Trinajstić information content (AvgIpc) is 3.36. The summed E-state index contributed by atoms with van der Waals surface area (Å²) in [6.45, 7) is 0.0000511. The van der Waals surface area contributed by atoms with E-state index in [-0.39, 0.29) is 18.2 Å². The molecule has 0 spiro atoms. The fourth-order valence-electron chi connectivity index (χ4n) is 2.36. The van der Waals surface area contributed by atoms with Crippen molar-refractivity contribution in [1.82, 2.24) is 14.8 Å². The molecule has 128 valence electrons. The van der Waals surface area contributed by atoms with Crippen molar-refractivity contribution in [3.63, 3.8) is 0 Å². The monoisotopic (exact) mass is 356 g/mol. The fourth-order valence-corrected chi connectivity index (χ4v) is 3.11. The molecular formula is C16H16N6O2S. The topological polar surface area (TPSA) is 127 Å². The van der Waals surface area contributed by atoms with Crippen molar-refractivity contribution in [2.45, 2.75) is 30.5 Å². The van der Waals surface area contributed by atoms with Crippen LogP contribution in [0.1, 0.15) is 30.1 Å². The molecule has 0 aliphatic heterocycles. The fraction of sp³-hybridized carbons (Fsp3) is 0.312. The number of primary amides is 1. The minimum atomic E-state index is -0.476. The first kappa shape index (κ1) is 17.0. The summed E-state index contributed by atoms with van der Waals surface area (Å²) in [6, 6.07) is 8.81. The molecule has 0 radical (unpaired) electrons. The average molecular weight is 356 g/mol. The Morgan fingerprint density at radius 1 is 1.36 bits per heavy atom. The second-order valence-corrected chi connectivity index (χ2v) is 6.60. The smallest absolute Gasteiger partial charge is 0.237 e. The molecule has 0 unspecified atom stereocenters. The molecule has 1 aliphatic rings. The van der Waals surface area contributed by atoms with E-state index in [2.05, 4.69) is 15.5 Å². The van der Waals surface area contributed by atoms with Gasteiger partial charge in [0.05, 0.1) is 17.0 Å². The Balaban J connectivity index is 1.66. The quantitative estimate of drug-likeness (QED) is 0.719. The summed E-state index contributed by atoms with van der Waals surface area (Å²) >= 11 is 1.18. The largest absolute Gasteiger partial charge is 0.368 e. The summed E-state index contributed by atoms with van der Waals surface area (Å²) in [5.41, 5.74) is 6.16. The summed E-state index contributed by atoms with van der Waals surface area (Å²) < 4.78 is 1.68. The highest BCUT2D eigenvalue weighted by Crippen LogP contribution is 2.40. The van der Waals surface area contributed by atoms with Crippen LogP contribution in [-0.2, 0) is 16.1 Å². The number of hydrogen-bond acceptors (Lipinski definition) is 6. The van der Waals surface area contributed by atoms with Gasteiger partial charge in [-0.05, 0) is 25.0 Å². The normalized spacial score (nSPS) is 13.2. The number of para-hydroxylation sites is 1.